The summed E-state index contributed by atoms with van der Waals surface area (Å²) >= 11 is 3.05. The van der Waals surface area contributed by atoms with E-state index in [4.69, 9.17) is 0 Å². The van der Waals surface area contributed by atoms with E-state index < -0.39 is 0 Å². The highest BCUT2D eigenvalue weighted by atomic mass is 32.2. The molecule has 0 saturated carbocycles. The van der Waals surface area contributed by atoms with Crippen molar-refractivity contribution in [2.24, 2.45) is 0 Å². The monoisotopic (exact) mass is 360 g/mol. The molecule has 0 aliphatic carbocycles. The molecule has 0 N–H and O–H groups in total. The minimum atomic E-state index is 0.175. The largest absolute Gasteiger partial charge is 0.339 e. The molecule has 0 spiro atoms. The maximum Gasteiger partial charge on any atom is 0.233 e. The lowest BCUT2D eigenvalue weighted by molar-refractivity contribution is -0.129. The summed E-state index contributed by atoms with van der Waals surface area (Å²) in [5.41, 5.74) is 0. The lowest BCUT2D eigenvalue weighted by Gasteiger charge is -2.32. The predicted octanol–water partition coefficient (Wildman–Crippen LogP) is 2.49. The molecular formula is C17H20N4OS2. The van der Waals surface area contributed by atoms with Crippen LogP contribution in [0.4, 0.5) is 0 Å². The van der Waals surface area contributed by atoms with E-state index in [1.807, 2.05) is 35.2 Å². The molecule has 3 rings (SSSR count). The molecule has 1 aromatic carbocycles. The first kappa shape index (κ1) is 17.3. The summed E-state index contributed by atoms with van der Waals surface area (Å²) in [7, 11) is 2.09. The lowest BCUT2D eigenvalue weighted by Crippen LogP contribution is -2.47. The number of carbonyl (C=O) groups excluding carboxylic acids is 1. The molecule has 5 nitrogen and oxygen atoms in total. The van der Waals surface area contributed by atoms with Crippen molar-refractivity contribution in [3.05, 3.63) is 42.7 Å². The standard InChI is InChI=1S/C17H20N4OS2/c1-20-9-11-21(12-10-20)15(22)13-23-16-17(19-8-7-18-16)24-14-5-3-2-4-6-14/h2-8H,9-13H2,1H3. The van der Waals surface area contributed by atoms with Crippen LogP contribution in [0.5, 0.6) is 0 Å². The maximum atomic E-state index is 12.4. The van der Waals surface area contributed by atoms with Gasteiger partial charge in [0.15, 0.2) is 0 Å². The molecule has 2 heterocycles. The Morgan fingerprint density at radius 1 is 1.04 bits per heavy atom. The SMILES string of the molecule is CN1CCN(C(=O)CSc2nccnc2Sc2ccccc2)CC1. The van der Waals surface area contributed by atoms with Crippen LogP contribution < -0.4 is 0 Å². The molecule has 0 unspecified atom stereocenters. The quantitative estimate of drug-likeness (QED) is 0.764. The fourth-order valence-electron chi connectivity index (χ4n) is 2.36. The number of amides is 1. The van der Waals surface area contributed by atoms with Crippen molar-refractivity contribution in [2.75, 3.05) is 39.0 Å². The normalized spacial score (nSPS) is 15.5. The zero-order valence-electron chi connectivity index (χ0n) is 13.6. The van der Waals surface area contributed by atoms with E-state index in [9.17, 15) is 4.79 Å². The van der Waals surface area contributed by atoms with Crippen molar-refractivity contribution in [3.63, 3.8) is 0 Å². The molecule has 1 aliphatic heterocycles. The first-order valence-electron chi connectivity index (χ1n) is 7.85. The molecule has 1 aromatic heterocycles. The van der Waals surface area contributed by atoms with E-state index >= 15 is 0 Å². The average Bonchev–Trinajstić information content (AvgIpc) is 2.62. The van der Waals surface area contributed by atoms with Crippen molar-refractivity contribution in [3.8, 4) is 0 Å². The van der Waals surface area contributed by atoms with Crippen molar-refractivity contribution in [2.45, 2.75) is 14.9 Å². The lowest BCUT2D eigenvalue weighted by atomic mass is 10.3. The van der Waals surface area contributed by atoms with E-state index in [0.717, 1.165) is 41.1 Å². The Labute approximate surface area is 150 Å². The molecule has 1 aliphatic rings. The van der Waals surface area contributed by atoms with Gasteiger partial charge in [-0.05, 0) is 19.2 Å². The van der Waals surface area contributed by atoms with Gasteiger partial charge in [-0.15, -0.1) is 0 Å². The number of rotatable bonds is 5. The molecule has 7 heteroatoms. The maximum absolute atomic E-state index is 12.4. The molecule has 0 bridgehead atoms. The van der Waals surface area contributed by atoms with E-state index in [-0.39, 0.29) is 5.91 Å². The van der Waals surface area contributed by atoms with E-state index in [1.165, 1.54) is 11.8 Å². The van der Waals surface area contributed by atoms with Gasteiger partial charge in [0.1, 0.15) is 10.1 Å². The number of benzene rings is 1. The van der Waals surface area contributed by atoms with Crippen LogP contribution in [0.15, 0.2) is 57.7 Å². The van der Waals surface area contributed by atoms with Crippen LogP contribution in [0, 0.1) is 0 Å². The fraction of sp³-hybridized carbons (Fsp3) is 0.353. The van der Waals surface area contributed by atoms with Crippen LogP contribution in [0.25, 0.3) is 0 Å². The van der Waals surface area contributed by atoms with E-state index in [2.05, 4.69) is 21.9 Å². The highest BCUT2D eigenvalue weighted by Gasteiger charge is 2.19. The second-order valence-corrected chi connectivity index (χ2v) is 7.58. The van der Waals surface area contributed by atoms with Crippen molar-refractivity contribution in [1.82, 2.24) is 19.8 Å². The van der Waals surface area contributed by atoms with Crippen molar-refractivity contribution < 1.29 is 4.79 Å². The number of nitrogens with zero attached hydrogens (tertiary/aromatic N) is 4. The number of hydrogen-bond donors (Lipinski definition) is 0. The zero-order valence-corrected chi connectivity index (χ0v) is 15.2. The van der Waals surface area contributed by atoms with Gasteiger partial charge in [0.2, 0.25) is 5.91 Å². The van der Waals surface area contributed by atoms with Gasteiger partial charge in [-0.2, -0.15) is 0 Å². The predicted molar refractivity (Wildman–Crippen MR) is 97.4 cm³/mol. The van der Waals surface area contributed by atoms with E-state index in [0.29, 0.717) is 5.75 Å². The van der Waals surface area contributed by atoms with Crippen LogP contribution in [0.2, 0.25) is 0 Å². The van der Waals surface area contributed by atoms with Gasteiger partial charge >= 0.3 is 0 Å². The Hall–Kier alpha value is -1.57. The summed E-state index contributed by atoms with van der Waals surface area (Å²) < 4.78 is 0. The summed E-state index contributed by atoms with van der Waals surface area (Å²) in [5.74, 6) is 0.583. The van der Waals surface area contributed by atoms with Gasteiger partial charge in [-0.3, -0.25) is 4.79 Å². The molecule has 1 fully saturated rings. The molecule has 1 amide bonds. The number of likely N-dealkylation sites (N-methyl/N-ethyl adjacent to an activating group) is 1. The summed E-state index contributed by atoms with van der Waals surface area (Å²) in [4.78, 5) is 26.5. The minimum absolute atomic E-state index is 0.175. The molecule has 126 valence electrons. The van der Waals surface area contributed by atoms with Gasteiger partial charge < -0.3 is 9.80 Å². The number of hydrogen-bond acceptors (Lipinski definition) is 6. The third kappa shape index (κ3) is 4.72. The molecule has 1 saturated heterocycles. The highest BCUT2D eigenvalue weighted by Crippen LogP contribution is 2.32. The summed E-state index contributed by atoms with van der Waals surface area (Å²) in [5, 5.41) is 1.66. The second kappa shape index (κ2) is 8.50. The Kier molecular flexibility index (Phi) is 6.12. The Morgan fingerprint density at radius 2 is 1.71 bits per heavy atom. The molecule has 2 aromatic rings. The van der Waals surface area contributed by atoms with Gasteiger partial charge in [-0.25, -0.2) is 9.97 Å². The van der Waals surface area contributed by atoms with Gasteiger partial charge in [0.25, 0.3) is 0 Å². The van der Waals surface area contributed by atoms with Gasteiger partial charge in [0.05, 0.1) is 5.75 Å². The fourth-order valence-corrected chi connectivity index (χ4v) is 4.19. The highest BCUT2D eigenvalue weighted by molar-refractivity contribution is 8.02. The molecule has 24 heavy (non-hydrogen) atoms. The first-order valence-corrected chi connectivity index (χ1v) is 9.65. The zero-order chi connectivity index (χ0) is 16.8. The summed E-state index contributed by atoms with van der Waals surface area (Å²) in [6.45, 7) is 3.50. The third-order valence-corrected chi connectivity index (χ3v) is 5.87. The Bertz CT molecular complexity index is 675. The first-order chi connectivity index (χ1) is 11.7. The molecule has 0 radical (unpaired) electrons. The van der Waals surface area contributed by atoms with Crippen LogP contribution in [-0.4, -0.2) is 64.7 Å². The minimum Gasteiger partial charge on any atom is -0.339 e. The second-order valence-electron chi connectivity index (χ2n) is 5.55. The van der Waals surface area contributed by atoms with Gasteiger partial charge in [-0.1, -0.05) is 41.7 Å². The topological polar surface area (TPSA) is 49.3 Å². The van der Waals surface area contributed by atoms with Crippen LogP contribution in [0.3, 0.4) is 0 Å². The van der Waals surface area contributed by atoms with Crippen LogP contribution in [0.1, 0.15) is 0 Å². The molecule has 0 atom stereocenters. The number of piperazine rings is 1. The number of carbonyl (C=O) groups is 1. The van der Waals surface area contributed by atoms with Crippen molar-refractivity contribution in [1.29, 1.82) is 0 Å². The smallest absolute Gasteiger partial charge is 0.233 e. The van der Waals surface area contributed by atoms with Gasteiger partial charge in [0, 0.05) is 43.5 Å². The van der Waals surface area contributed by atoms with E-state index in [1.54, 1.807) is 24.2 Å². The van der Waals surface area contributed by atoms with Crippen molar-refractivity contribution >= 4 is 29.4 Å². The summed E-state index contributed by atoms with van der Waals surface area (Å²) in [6.07, 6.45) is 3.37. The number of aromatic nitrogens is 2. The average molecular weight is 361 g/mol. The van der Waals surface area contributed by atoms with Crippen LogP contribution in [-0.2, 0) is 4.79 Å². The molecular weight excluding hydrogens is 340 g/mol. The van der Waals surface area contributed by atoms with Crippen LogP contribution >= 0.6 is 23.5 Å². The summed E-state index contributed by atoms with van der Waals surface area (Å²) in [6, 6.07) is 10.1. The number of thioether (sulfide) groups is 1. The Balaban J connectivity index is 1.60. The Morgan fingerprint density at radius 3 is 2.42 bits per heavy atom. The third-order valence-electron chi connectivity index (χ3n) is 3.78.